The fourth-order valence-electron chi connectivity index (χ4n) is 2.74. The predicted molar refractivity (Wildman–Crippen MR) is 91.3 cm³/mol. The minimum absolute atomic E-state index is 0.0883. The van der Waals surface area contributed by atoms with Crippen molar-refractivity contribution in [2.75, 3.05) is 0 Å². The lowest BCUT2D eigenvalue weighted by molar-refractivity contribution is 0.0902. The fraction of sp³-hybridized carbons (Fsp3) is 0.571. The number of nitrogens with two attached hydrogens (primary N) is 1. The number of halogens is 1. The van der Waals surface area contributed by atoms with E-state index >= 15 is 0 Å². The monoisotopic (exact) mass is 374 g/mol. The molecule has 0 aliphatic heterocycles. The van der Waals surface area contributed by atoms with Gasteiger partial charge in [0.1, 0.15) is 4.88 Å². The van der Waals surface area contributed by atoms with Crippen LogP contribution in [-0.2, 0) is 0 Å². The SMILES string of the molecule is CCC1CCC(NC(=O)c2sccc2Br)(C(N)=S)CC1. The minimum Gasteiger partial charge on any atom is -0.391 e. The van der Waals surface area contributed by atoms with Gasteiger partial charge < -0.3 is 11.1 Å². The van der Waals surface area contributed by atoms with Crippen molar-refractivity contribution >= 4 is 50.4 Å². The third-order valence-corrected chi connectivity index (χ3v) is 6.41. The van der Waals surface area contributed by atoms with Crippen LogP contribution in [0.5, 0.6) is 0 Å². The third-order valence-electron chi connectivity index (χ3n) is 4.18. The summed E-state index contributed by atoms with van der Waals surface area (Å²) < 4.78 is 0.820. The number of thiophene rings is 1. The van der Waals surface area contributed by atoms with Crippen LogP contribution >= 0.6 is 39.5 Å². The van der Waals surface area contributed by atoms with Gasteiger partial charge in [-0.1, -0.05) is 25.6 Å². The molecule has 1 heterocycles. The average Bonchev–Trinajstić information content (AvgIpc) is 2.85. The van der Waals surface area contributed by atoms with Gasteiger partial charge in [0.15, 0.2) is 0 Å². The summed E-state index contributed by atoms with van der Waals surface area (Å²) in [6, 6.07) is 1.88. The van der Waals surface area contributed by atoms with Gasteiger partial charge in [-0.2, -0.15) is 0 Å². The van der Waals surface area contributed by atoms with Crippen LogP contribution in [-0.4, -0.2) is 16.4 Å². The Bertz CT molecular complexity index is 507. The molecule has 1 fully saturated rings. The quantitative estimate of drug-likeness (QED) is 0.786. The first kappa shape index (κ1) is 15.9. The van der Waals surface area contributed by atoms with Gasteiger partial charge in [-0.25, -0.2) is 0 Å². The van der Waals surface area contributed by atoms with E-state index < -0.39 is 5.54 Å². The van der Waals surface area contributed by atoms with Gasteiger partial charge in [0.05, 0.1) is 10.5 Å². The molecule has 0 spiro atoms. The maximum Gasteiger partial charge on any atom is 0.263 e. The van der Waals surface area contributed by atoms with Crippen LogP contribution in [0.15, 0.2) is 15.9 Å². The molecule has 0 aromatic carbocycles. The summed E-state index contributed by atoms with van der Waals surface area (Å²) in [6.45, 7) is 2.21. The van der Waals surface area contributed by atoms with Crippen molar-refractivity contribution in [3.05, 3.63) is 20.8 Å². The summed E-state index contributed by atoms with van der Waals surface area (Å²) in [6.07, 6.45) is 5.00. The molecule has 0 atom stereocenters. The van der Waals surface area contributed by atoms with E-state index in [0.717, 1.165) is 36.1 Å². The lowest BCUT2D eigenvalue weighted by Gasteiger charge is -2.39. The topological polar surface area (TPSA) is 55.1 Å². The lowest BCUT2D eigenvalue weighted by atomic mass is 9.75. The number of hydrogen-bond acceptors (Lipinski definition) is 3. The van der Waals surface area contributed by atoms with Gasteiger partial charge in [-0.15, -0.1) is 11.3 Å². The number of carbonyl (C=O) groups excluding carboxylic acids is 1. The molecule has 0 radical (unpaired) electrons. The van der Waals surface area contributed by atoms with Crippen molar-refractivity contribution in [1.82, 2.24) is 5.32 Å². The number of carbonyl (C=O) groups is 1. The molecule has 3 N–H and O–H groups in total. The van der Waals surface area contributed by atoms with Gasteiger partial charge in [0.2, 0.25) is 0 Å². The highest BCUT2D eigenvalue weighted by molar-refractivity contribution is 9.10. The Balaban J connectivity index is 2.13. The summed E-state index contributed by atoms with van der Waals surface area (Å²) in [7, 11) is 0. The van der Waals surface area contributed by atoms with Crippen molar-refractivity contribution in [3.63, 3.8) is 0 Å². The largest absolute Gasteiger partial charge is 0.391 e. The van der Waals surface area contributed by atoms with Crippen LogP contribution in [0.3, 0.4) is 0 Å². The number of hydrogen-bond donors (Lipinski definition) is 2. The highest BCUT2D eigenvalue weighted by Crippen LogP contribution is 2.35. The molecule has 20 heavy (non-hydrogen) atoms. The maximum absolute atomic E-state index is 12.4. The lowest BCUT2D eigenvalue weighted by Crippen LogP contribution is -2.58. The zero-order valence-corrected chi connectivity index (χ0v) is 14.7. The number of nitrogens with one attached hydrogen (secondary N) is 1. The van der Waals surface area contributed by atoms with Crippen LogP contribution in [0, 0.1) is 5.92 Å². The van der Waals surface area contributed by atoms with Gasteiger partial charge in [0, 0.05) is 4.47 Å². The van der Waals surface area contributed by atoms with Crippen LogP contribution in [0.25, 0.3) is 0 Å². The minimum atomic E-state index is -0.512. The normalized spacial score (nSPS) is 26.2. The predicted octanol–water partition coefficient (Wildman–Crippen LogP) is 3.87. The summed E-state index contributed by atoms with van der Waals surface area (Å²) in [4.78, 5) is 13.5. The van der Waals surface area contributed by atoms with E-state index in [1.54, 1.807) is 0 Å². The summed E-state index contributed by atoms with van der Waals surface area (Å²) in [5.41, 5.74) is 5.42. The Labute approximate surface area is 137 Å². The molecule has 1 aromatic heterocycles. The maximum atomic E-state index is 12.4. The van der Waals surface area contributed by atoms with Crippen molar-refractivity contribution in [2.24, 2.45) is 11.7 Å². The molecule has 110 valence electrons. The first-order valence-electron chi connectivity index (χ1n) is 6.84. The van der Waals surface area contributed by atoms with E-state index in [-0.39, 0.29) is 5.91 Å². The standard InChI is InChI=1S/C14H19BrN2OS2/c1-2-9-3-6-14(7-4-9,13(16)19)17-12(18)11-10(15)5-8-20-11/h5,8-9H,2-4,6-7H2,1H3,(H2,16,19)(H,17,18). The Morgan fingerprint density at radius 1 is 1.60 bits per heavy atom. The molecular weight excluding hydrogens is 356 g/mol. The Kier molecular flexibility index (Phi) is 5.20. The summed E-state index contributed by atoms with van der Waals surface area (Å²) in [5, 5.41) is 4.98. The molecule has 1 amide bonds. The van der Waals surface area contributed by atoms with E-state index in [2.05, 4.69) is 28.2 Å². The van der Waals surface area contributed by atoms with Gasteiger partial charge in [-0.3, -0.25) is 4.79 Å². The first-order chi connectivity index (χ1) is 9.48. The van der Waals surface area contributed by atoms with Crippen LogP contribution in [0.1, 0.15) is 48.7 Å². The highest BCUT2D eigenvalue weighted by atomic mass is 79.9. The summed E-state index contributed by atoms with van der Waals surface area (Å²) in [5.74, 6) is 0.637. The van der Waals surface area contributed by atoms with Crippen molar-refractivity contribution in [2.45, 2.75) is 44.6 Å². The second-order valence-corrected chi connectivity index (χ2v) is 7.56. The van der Waals surface area contributed by atoms with E-state index in [0.29, 0.717) is 9.87 Å². The molecule has 1 aliphatic rings. The molecule has 3 nitrogen and oxygen atoms in total. The molecule has 0 bridgehead atoms. The van der Waals surface area contributed by atoms with E-state index in [9.17, 15) is 4.79 Å². The van der Waals surface area contributed by atoms with Crippen LogP contribution in [0.2, 0.25) is 0 Å². The van der Waals surface area contributed by atoms with Gasteiger partial charge >= 0.3 is 0 Å². The molecule has 1 aromatic rings. The zero-order chi connectivity index (χ0) is 14.8. The first-order valence-corrected chi connectivity index (χ1v) is 8.92. The van der Waals surface area contributed by atoms with E-state index in [1.165, 1.54) is 17.8 Å². The molecule has 0 saturated heterocycles. The average molecular weight is 375 g/mol. The molecule has 2 rings (SSSR count). The Morgan fingerprint density at radius 2 is 2.25 bits per heavy atom. The molecule has 6 heteroatoms. The Morgan fingerprint density at radius 3 is 2.70 bits per heavy atom. The van der Waals surface area contributed by atoms with Gasteiger partial charge in [-0.05, 0) is 59.0 Å². The van der Waals surface area contributed by atoms with Crippen molar-refractivity contribution < 1.29 is 4.79 Å². The molecule has 0 unspecified atom stereocenters. The van der Waals surface area contributed by atoms with E-state index in [4.69, 9.17) is 18.0 Å². The molecule has 1 aliphatic carbocycles. The fourth-order valence-corrected chi connectivity index (χ4v) is 4.44. The Hall–Kier alpha value is -0.460. The van der Waals surface area contributed by atoms with Crippen LogP contribution < -0.4 is 11.1 Å². The number of rotatable bonds is 4. The zero-order valence-electron chi connectivity index (χ0n) is 11.4. The third kappa shape index (κ3) is 3.23. The highest BCUT2D eigenvalue weighted by Gasteiger charge is 2.39. The van der Waals surface area contributed by atoms with Gasteiger partial charge in [0.25, 0.3) is 5.91 Å². The van der Waals surface area contributed by atoms with E-state index in [1.807, 2.05) is 11.4 Å². The second kappa shape index (κ2) is 6.54. The summed E-state index contributed by atoms with van der Waals surface area (Å²) >= 11 is 10.0. The molecular formula is C14H19BrN2OS2. The van der Waals surface area contributed by atoms with Crippen LogP contribution in [0.4, 0.5) is 0 Å². The molecule has 1 saturated carbocycles. The number of thiocarbonyl (C=S) groups is 1. The smallest absolute Gasteiger partial charge is 0.263 e. The van der Waals surface area contributed by atoms with Crippen molar-refractivity contribution in [3.8, 4) is 0 Å². The number of amides is 1. The second-order valence-electron chi connectivity index (χ2n) is 5.35. The van der Waals surface area contributed by atoms with Crippen molar-refractivity contribution in [1.29, 1.82) is 0 Å².